The summed E-state index contributed by atoms with van der Waals surface area (Å²) in [5.41, 5.74) is -0.336. The van der Waals surface area contributed by atoms with Crippen molar-refractivity contribution in [1.29, 1.82) is 5.26 Å². The number of hydrogen-bond donors (Lipinski definition) is 2. The quantitative estimate of drug-likeness (QED) is 0.209. The van der Waals surface area contributed by atoms with Crippen molar-refractivity contribution < 1.29 is 9.72 Å². The summed E-state index contributed by atoms with van der Waals surface area (Å²) in [6.45, 7) is 3.87. The fraction of sp³-hybridized carbons (Fsp3) is 0.0769. The zero-order valence-corrected chi connectivity index (χ0v) is 11.6. The number of nitro groups is 1. The molecule has 108 valence electrons. The van der Waals surface area contributed by atoms with Crippen LogP contribution in [-0.4, -0.2) is 17.4 Å². The van der Waals surface area contributed by atoms with Crippen molar-refractivity contribution in [3.8, 4) is 6.07 Å². The molecule has 8 heteroatoms. The van der Waals surface area contributed by atoms with Crippen LogP contribution in [0.25, 0.3) is 0 Å². The lowest BCUT2D eigenvalue weighted by molar-refractivity contribution is -0.384. The molecule has 21 heavy (non-hydrogen) atoms. The lowest BCUT2D eigenvalue weighted by Gasteiger charge is -2.05. The molecule has 0 aliphatic carbocycles. The molecule has 1 rings (SSSR count). The van der Waals surface area contributed by atoms with Gasteiger partial charge in [-0.25, -0.2) is 0 Å². The van der Waals surface area contributed by atoms with Crippen molar-refractivity contribution in [3.63, 3.8) is 0 Å². The molecule has 0 fully saturated rings. The first kappa shape index (κ1) is 16.2. The number of benzene rings is 1. The smallest absolute Gasteiger partial charge is 0.289 e. The molecule has 0 saturated carbocycles. The summed E-state index contributed by atoms with van der Waals surface area (Å²) in [6, 6.07) is 5.53. The number of halogens is 1. The van der Waals surface area contributed by atoms with E-state index in [4.69, 9.17) is 16.9 Å². The van der Waals surface area contributed by atoms with Crippen LogP contribution in [0.5, 0.6) is 0 Å². The monoisotopic (exact) mass is 306 g/mol. The maximum Gasteiger partial charge on any atom is 0.289 e. The fourth-order valence-electron chi connectivity index (χ4n) is 1.32. The van der Waals surface area contributed by atoms with Crippen molar-refractivity contribution in [3.05, 3.63) is 57.8 Å². The first-order chi connectivity index (χ1) is 9.99. The van der Waals surface area contributed by atoms with Crippen molar-refractivity contribution in [2.24, 2.45) is 0 Å². The van der Waals surface area contributed by atoms with Gasteiger partial charge in [-0.2, -0.15) is 5.26 Å². The number of nitro benzene ring substituents is 1. The molecular formula is C13H11ClN4O3. The van der Waals surface area contributed by atoms with Gasteiger partial charge in [-0.1, -0.05) is 17.7 Å². The van der Waals surface area contributed by atoms with E-state index in [9.17, 15) is 14.9 Å². The Labute approximate surface area is 125 Å². The van der Waals surface area contributed by atoms with Crippen LogP contribution in [-0.2, 0) is 4.79 Å². The van der Waals surface area contributed by atoms with Gasteiger partial charge in [0.2, 0.25) is 0 Å². The Hall–Kier alpha value is -2.85. The summed E-state index contributed by atoms with van der Waals surface area (Å²) in [5.74, 6) is -0.689. The minimum absolute atomic E-state index is 0.0401. The highest BCUT2D eigenvalue weighted by atomic mass is 35.5. The van der Waals surface area contributed by atoms with Crippen LogP contribution in [0.2, 0.25) is 5.02 Å². The number of nitrogens with one attached hydrogen (secondary N) is 2. The van der Waals surface area contributed by atoms with Crippen molar-refractivity contribution in [1.82, 2.24) is 5.32 Å². The minimum atomic E-state index is -0.689. The van der Waals surface area contributed by atoms with E-state index in [2.05, 4.69) is 17.2 Å². The van der Waals surface area contributed by atoms with Gasteiger partial charge in [0.15, 0.2) is 0 Å². The summed E-state index contributed by atoms with van der Waals surface area (Å²) in [7, 11) is 0. The van der Waals surface area contributed by atoms with Crippen LogP contribution < -0.4 is 10.6 Å². The Morgan fingerprint density at radius 2 is 2.29 bits per heavy atom. The molecule has 7 nitrogen and oxygen atoms in total. The Morgan fingerprint density at radius 3 is 2.86 bits per heavy atom. The molecule has 0 aliphatic heterocycles. The third-order valence-electron chi connectivity index (χ3n) is 2.27. The van der Waals surface area contributed by atoms with E-state index in [1.54, 1.807) is 12.1 Å². The highest BCUT2D eigenvalue weighted by Crippen LogP contribution is 2.27. The number of nitriles is 1. The van der Waals surface area contributed by atoms with Crippen LogP contribution in [0.4, 0.5) is 11.4 Å². The molecule has 1 aromatic rings. The molecular weight excluding hydrogens is 296 g/mol. The number of carbonyl (C=O) groups is 1. The predicted molar refractivity (Wildman–Crippen MR) is 78.6 cm³/mol. The van der Waals surface area contributed by atoms with Gasteiger partial charge in [-0.3, -0.25) is 14.9 Å². The molecule has 0 unspecified atom stereocenters. The highest BCUT2D eigenvalue weighted by molar-refractivity contribution is 6.32. The Kier molecular flexibility index (Phi) is 5.92. The van der Waals surface area contributed by atoms with Crippen LogP contribution >= 0.6 is 11.6 Å². The molecule has 0 bridgehead atoms. The molecule has 2 N–H and O–H groups in total. The summed E-state index contributed by atoms with van der Waals surface area (Å²) >= 11 is 5.66. The van der Waals surface area contributed by atoms with Gasteiger partial charge in [-0.05, 0) is 12.1 Å². The molecule has 0 saturated heterocycles. The van der Waals surface area contributed by atoms with Crippen molar-refractivity contribution in [2.75, 3.05) is 11.9 Å². The topological polar surface area (TPSA) is 108 Å². The Balaban J connectivity index is 2.90. The zero-order valence-electron chi connectivity index (χ0n) is 10.8. The van der Waals surface area contributed by atoms with E-state index >= 15 is 0 Å². The number of carbonyl (C=O) groups excluding carboxylic acids is 1. The summed E-state index contributed by atoms with van der Waals surface area (Å²) in [4.78, 5) is 21.9. The zero-order chi connectivity index (χ0) is 15.8. The van der Waals surface area contributed by atoms with Gasteiger partial charge in [0.1, 0.15) is 16.7 Å². The summed E-state index contributed by atoms with van der Waals surface area (Å²) in [5, 5.41) is 24.7. The lowest BCUT2D eigenvalue weighted by Crippen LogP contribution is -2.16. The molecule has 0 aromatic heterocycles. The number of hydrogen-bond acceptors (Lipinski definition) is 5. The first-order valence-electron chi connectivity index (χ1n) is 5.69. The van der Waals surface area contributed by atoms with Gasteiger partial charge < -0.3 is 10.6 Å². The second kappa shape index (κ2) is 7.67. The molecule has 0 heterocycles. The number of rotatable bonds is 6. The normalized spacial score (nSPS) is 10.4. The molecule has 0 atom stereocenters. The largest absolute Gasteiger partial charge is 0.386 e. The van der Waals surface area contributed by atoms with Gasteiger partial charge in [0, 0.05) is 24.5 Å². The maximum atomic E-state index is 11.8. The fourth-order valence-corrected chi connectivity index (χ4v) is 1.51. The number of anilines is 1. The van der Waals surface area contributed by atoms with E-state index in [0.29, 0.717) is 6.54 Å². The second-order valence-electron chi connectivity index (χ2n) is 3.74. The van der Waals surface area contributed by atoms with E-state index in [0.717, 1.165) is 6.07 Å². The van der Waals surface area contributed by atoms with Gasteiger partial charge >= 0.3 is 0 Å². The summed E-state index contributed by atoms with van der Waals surface area (Å²) < 4.78 is 0. The van der Waals surface area contributed by atoms with Crippen LogP contribution in [0, 0.1) is 21.4 Å². The highest BCUT2D eigenvalue weighted by Gasteiger charge is 2.15. The van der Waals surface area contributed by atoms with E-state index in [1.807, 2.05) is 0 Å². The summed E-state index contributed by atoms with van der Waals surface area (Å²) in [6.07, 6.45) is 2.80. The third kappa shape index (κ3) is 4.63. The van der Waals surface area contributed by atoms with Crippen molar-refractivity contribution >= 4 is 28.9 Å². The van der Waals surface area contributed by atoms with Gasteiger partial charge in [0.25, 0.3) is 11.6 Å². The maximum absolute atomic E-state index is 11.8. The van der Waals surface area contributed by atoms with Crippen LogP contribution in [0.15, 0.2) is 42.6 Å². The molecule has 0 spiro atoms. The van der Waals surface area contributed by atoms with E-state index in [1.165, 1.54) is 18.3 Å². The molecule has 0 radical (unpaired) electrons. The minimum Gasteiger partial charge on any atom is -0.386 e. The second-order valence-corrected chi connectivity index (χ2v) is 4.15. The van der Waals surface area contributed by atoms with Crippen molar-refractivity contribution in [2.45, 2.75) is 0 Å². The standard InChI is InChI=1S/C13H11ClN4O3/c1-2-5-16-8-9(7-15)13(19)17-10-3-4-11(14)12(6-10)18(20)21/h2-4,6,8,16H,1,5H2,(H,17,19)/b9-8-. The SMILES string of the molecule is C=CCN/C=C(/C#N)C(=O)Nc1ccc(Cl)c([N+](=O)[O-])c1. The van der Waals surface area contributed by atoms with Gasteiger partial charge in [-0.15, -0.1) is 6.58 Å². The average molecular weight is 307 g/mol. The average Bonchev–Trinajstić information content (AvgIpc) is 2.45. The third-order valence-corrected chi connectivity index (χ3v) is 2.59. The number of amides is 1. The van der Waals surface area contributed by atoms with Crippen LogP contribution in [0.3, 0.4) is 0 Å². The van der Waals surface area contributed by atoms with Crippen LogP contribution in [0.1, 0.15) is 0 Å². The lowest BCUT2D eigenvalue weighted by atomic mass is 10.2. The van der Waals surface area contributed by atoms with Gasteiger partial charge in [0.05, 0.1) is 4.92 Å². The van der Waals surface area contributed by atoms with E-state index in [-0.39, 0.29) is 22.0 Å². The van der Waals surface area contributed by atoms with E-state index < -0.39 is 10.8 Å². The Morgan fingerprint density at radius 1 is 1.57 bits per heavy atom. The molecule has 1 amide bonds. The Bertz CT molecular complexity index is 649. The number of nitrogens with zero attached hydrogens (tertiary/aromatic N) is 2. The molecule has 1 aromatic carbocycles. The molecule has 0 aliphatic rings. The first-order valence-corrected chi connectivity index (χ1v) is 6.07. The predicted octanol–water partition coefficient (Wildman–Crippen LogP) is 2.37.